The van der Waals surface area contributed by atoms with E-state index in [1.54, 1.807) is 24.3 Å². The molecule has 0 saturated heterocycles. The molecule has 0 spiro atoms. The second-order valence-electron chi connectivity index (χ2n) is 4.46. The summed E-state index contributed by atoms with van der Waals surface area (Å²) in [5.41, 5.74) is 7.70. The third-order valence-electron chi connectivity index (χ3n) is 2.86. The molecule has 2 rings (SSSR count). The van der Waals surface area contributed by atoms with Crippen molar-refractivity contribution in [3.63, 3.8) is 0 Å². The number of aryl methyl sites for hydroxylation is 2. The zero-order chi connectivity index (χ0) is 14.5. The van der Waals surface area contributed by atoms with E-state index in [4.69, 9.17) is 5.73 Å². The molecule has 1 aromatic heterocycles. The summed E-state index contributed by atoms with van der Waals surface area (Å²) in [5, 5.41) is 6.68. The summed E-state index contributed by atoms with van der Waals surface area (Å²) in [4.78, 5) is 23.3. The van der Waals surface area contributed by atoms with Crippen molar-refractivity contribution in [2.75, 3.05) is 11.1 Å². The van der Waals surface area contributed by atoms with Crippen molar-refractivity contribution in [1.29, 1.82) is 0 Å². The summed E-state index contributed by atoms with van der Waals surface area (Å²) in [7, 11) is 0. The number of carbonyl (C=O) groups excluding carboxylic acids is 1. The van der Waals surface area contributed by atoms with E-state index in [-0.39, 0.29) is 24.4 Å². The van der Waals surface area contributed by atoms with Gasteiger partial charge < -0.3 is 11.1 Å². The maximum atomic E-state index is 11.8. The minimum Gasteiger partial charge on any atom is -0.399 e. The van der Waals surface area contributed by atoms with Gasteiger partial charge in [-0.1, -0.05) is 0 Å². The van der Waals surface area contributed by atoms with Crippen LogP contribution in [0.3, 0.4) is 0 Å². The Bertz CT molecular complexity index is 679. The van der Waals surface area contributed by atoms with Crippen molar-refractivity contribution in [3.05, 3.63) is 52.4 Å². The average molecular weight is 272 g/mol. The summed E-state index contributed by atoms with van der Waals surface area (Å²) in [6.45, 7) is 2.12. The van der Waals surface area contributed by atoms with Crippen molar-refractivity contribution >= 4 is 17.3 Å². The largest absolute Gasteiger partial charge is 0.399 e. The number of amides is 1. The lowest BCUT2D eigenvalue weighted by Gasteiger charge is -2.09. The fraction of sp³-hybridized carbons (Fsp3) is 0.214. The van der Waals surface area contributed by atoms with Crippen LogP contribution in [0.4, 0.5) is 11.4 Å². The number of hydrogen-bond donors (Lipinski definition) is 2. The van der Waals surface area contributed by atoms with E-state index < -0.39 is 0 Å². The van der Waals surface area contributed by atoms with Crippen LogP contribution >= 0.6 is 0 Å². The van der Waals surface area contributed by atoms with Crippen molar-refractivity contribution in [3.8, 4) is 0 Å². The Morgan fingerprint density at radius 3 is 2.90 bits per heavy atom. The Labute approximate surface area is 116 Å². The van der Waals surface area contributed by atoms with Crippen molar-refractivity contribution in [2.24, 2.45) is 0 Å². The van der Waals surface area contributed by atoms with Gasteiger partial charge in [0.2, 0.25) is 5.91 Å². The van der Waals surface area contributed by atoms with E-state index in [9.17, 15) is 9.59 Å². The van der Waals surface area contributed by atoms with Crippen LogP contribution in [0.2, 0.25) is 0 Å². The molecule has 6 heteroatoms. The Balaban J connectivity index is 1.96. The highest BCUT2D eigenvalue weighted by Crippen LogP contribution is 2.17. The van der Waals surface area contributed by atoms with Gasteiger partial charge >= 0.3 is 0 Å². The summed E-state index contributed by atoms with van der Waals surface area (Å²) < 4.78 is 1.26. The van der Waals surface area contributed by atoms with Gasteiger partial charge in [0.15, 0.2) is 0 Å². The van der Waals surface area contributed by atoms with Crippen LogP contribution in [-0.2, 0) is 11.3 Å². The van der Waals surface area contributed by atoms with E-state index in [0.717, 1.165) is 11.3 Å². The number of rotatable bonds is 4. The zero-order valence-corrected chi connectivity index (χ0v) is 11.2. The maximum absolute atomic E-state index is 11.8. The van der Waals surface area contributed by atoms with Gasteiger partial charge in [-0.15, -0.1) is 0 Å². The molecule has 2 aromatic rings. The van der Waals surface area contributed by atoms with E-state index >= 15 is 0 Å². The van der Waals surface area contributed by atoms with Gasteiger partial charge in [0.25, 0.3) is 5.56 Å². The predicted molar refractivity (Wildman–Crippen MR) is 77.3 cm³/mol. The lowest BCUT2D eigenvalue weighted by atomic mass is 10.2. The molecule has 0 unspecified atom stereocenters. The second kappa shape index (κ2) is 6.01. The first-order chi connectivity index (χ1) is 9.56. The van der Waals surface area contributed by atoms with Crippen LogP contribution in [0, 0.1) is 6.92 Å². The van der Waals surface area contributed by atoms with Gasteiger partial charge in [-0.05, 0) is 36.8 Å². The molecule has 3 N–H and O–H groups in total. The molecule has 6 nitrogen and oxygen atoms in total. The van der Waals surface area contributed by atoms with Crippen LogP contribution < -0.4 is 16.6 Å². The van der Waals surface area contributed by atoms with E-state index in [0.29, 0.717) is 5.69 Å². The molecule has 0 fully saturated rings. The van der Waals surface area contributed by atoms with E-state index in [2.05, 4.69) is 10.4 Å². The number of nitrogen functional groups attached to an aromatic ring is 1. The van der Waals surface area contributed by atoms with E-state index in [1.807, 2.05) is 6.92 Å². The van der Waals surface area contributed by atoms with Crippen LogP contribution in [0.25, 0.3) is 0 Å². The molecular weight excluding hydrogens is 256 g/mol. The average Bonchev–Trinajstić information content (AvgIpc) is 2.41. The summed E-state index contributed by atoms with van der Waals surface area (Å²) in [6, 6.07) is 8.26. The molecule has 0 atom stereocenters. The molecule has 1 heterocycles. The van der Waals surface area contributed by atoms with Gasteiger partial charge in [0.1, 0.15) is 0 Å². The molecule has 104 valence electrons. The van der Waals surface area contributed by atoms with Crippen molar-refractivity contribution in [2.45, 2.75) is 19.9 Å². The lowest BCUT2D eigenvalue weighted by molar-refractivity contribution is -0.116. The highest BCUT2D eigenvalue weighted by atomic mass is 16.2. The number of nitrogens with two attached hydrogens (primary N) is 1. The van der Waals surface area contributed by atoms with E-state index in [1.165, 1.54) is 16.9 Å². The molecule has 1 aromatic carbocycles. The number of benzene rings is 1. The first-order valence-corrected chi connectivity index (χ1v) is 6.24. The molecule has 0 aliphatic heterocycles. The maximum Gasteiger partial charge on any atom is 0.266 e. The summed E-state index contributed by atoms with van der Waals surface area (Å²) in [5.74, 6) is -0.171. The number of hydrogen-bond acceptors (Lipinski definition) is 4. The fourth-order valence-electron chi connectivity index (χ4n) is 1.80. The Kier molecular flexibility index (Phi) is 4.14. The zero-order valence-electron chi connectivity index (χ0n) is 11.2. The van der Waals surface area contributed by atoms with Gasteiger partial charge in [0, 0.05) is 30.1 Å². The molecule has 20 heavy (non-hydrogen) atoms. The monoisotopic (exact) mass is 272 g/mol. The molecule has 0 bridgehead atoms. The Hall–Kier alpha value is -2.63. The van der Waals surface area contributed by atoms with Gasteiger partial charge in [-0.25, -0.2) is 4.68 Å². The third kappa shape index (κ3) is 3.44. The van der Waals surface area contributed by atoms with Gasteiger partial charge in [-0.2, -0.15) is 5.10 Å². The Morgan fingerprint density at radius 2 is 2.20 bits per heavy atom. The molecule has 0 radical (unpaired) electrons. The highest BCUT2D eigenvalue weighted by molar-refractivity contribution is 5.91. The predicted octanol–water partition coefficient (Wildman–Crippen LogP) is 1.16. The quantitative estimate of drug-likeness (QED) is 0.817. The number of carbonyl (C=O) groups is 1. The third-order valence-corrected chi connectivity index (χ3v) is 2.86. The first-order valence-electron chi connectivity index (χ1n) is 6.24. The standard InChI is InChI=1S/C14H16N4O2/c1-10-9-11(15)4-5-12(10)17-13(19)6-8-18-14(20)3-2-7-16-18/h2-5,7,9H,6,8,15H2,1H3,(H,17,19). The summed E-state index contributed by atoms with van der Waals surface area (Å²) >= 11 is 0. The SMILES string of the molecule is Cc1cc(N)ccc1NC(=O)CCn1ncccc1=O. The smallest absolute Gasteiger partial charge is 0.266 e. The van der Waals surface area contributed by atoms with Crippen LogP contribution in [0.5, 0.6) is 0 Å². The lowest BCUT2D eigenvalue weighted by Crippen LogP contribution is -2.24. The molecule has 1 amide bonds. The van der Waals surface area contributed by atoms with Crippen molar-refractivity contribution < 1.29 is 4.79 Å². The van der Waals surface area contributed by atoms with Crippen LogP contribution in [0.1, 0.15) is 12.0 Å². The molecule has 0 aliphatic carbocycles. The molecule has 0 aliphatic rings. The second-order valence-corrected chi connectivity index (χ2v) is 4.46. The van der Waals surface area contributed by atoms with Crippen LogP contribution in [0.15, 0.2) is 41.3 Å². The highest BCUT2D eigenvalue weighted by Gasteiger charge is 2.06. The van der Waals surface area contributed by atoms with Gasteiger partial charge in [0.05, 0.1) is 6.54 Å². The minimum atomic E-state index is -0.219. The Morgan fingerprint density at radius 1 is 1.40 bits per heavy atom. The normalized spacial score (nSPS) is 10.2. The number of anilines is 2. The first kappa shape index (κ1) is 13.8. The van der Waals surface area contributed by atoms with Crippen LogP contribution in [-0.4, -0.2) is 15.7 Å². The fourth-order valence-corrected chi connectivity index (χ4v) is 1.80. The van der Waals surface area contributed by atoms with Gasteiger partial charge in [-0.3, -0.25) is 9.59 Å². The minimum absolute atomic E-state index is 0.171. The number of nitrogens with zero attached hydrogens (tertiary/aromatic N) is 2. The van der Waals surface area contributed by atoms with Crippen molar-refractivity contribution in [1.82, 2.24) is 9.78 Å². The number of nitrogens with one attached hydrogen (secondary N) is 1. The summed E-state index contributed by atoms with van der Waals surface area (Å²) in [6.07, 6.45) is 1.70. The number of aromatic nitrogens is 2. The molecule has 0 saturated carbocycles. The topological polar surface area (TPSA) is 90.0 Å². The molecular formula is C14H16N4O2.